The highest BCUT2D eigenvalue weighted by atomic mass is 35.5. The van der Waals surface area contributed by atoms with Crippen LogP contribution in [0.3, 0.4) is 0 Å². The first-order valence-corrected chi connectivity index (χ1v) is 8.28. The molecule has 1 fully saturated rings. The van der Waals surface area contributed by atoms with E-state index in [9.17, 15) is 9.46 Å². The minimum Gasteiger partial charge on any atom is -0.321 e. The van der Waals surface area contributed by atoms with E-state index < -0.39 is 12.5 Å². The van der Waals surface area contributed by atoms with Gasteiger partial charge >= 0.3 is 7.60 Å². The van der Waals surface area contributed by atoms with Gasteiger partial charge in [-0.15, -0.1) is 11.6 Å². The SMILES string of the molecule is CCC1(Cl)C(C)CCC2OP(=O)(O)C=C(Cl)C21. The highest BCUT2D eigenvalue weighted by Crippen LogP contribution is 2.60. The second kappa shape index (κ2) is 4.54. The van der Waals surface area contributed by atoms with Crippen molar-refractivity contribution in [1.82, 2.24) is 0 Å². The third kappa shape index (κ3) is 2.33. The van der Waals surface area contributed by atoms with Crippen LogP contribution in [0.2, 0.25) is 0 Å². The van der Waals surface area contributed by atoms with Gasteiger partial charge in [-0.3, -0.25) is 4.57 Å². The summed E-state index contributed by atoms with van der Waals surface area (Å²) in [6.45, 7) is 4.12. The molecule has 0 saturated heterocycles. The number of fused-ring (bicyclic) bond motifs is 1. The molecule has 0 aromatic rings. The molecule has 1 heterocycles. The van der Waals surface area contributed by atoms with Crippen LogP contribution in [0.4, 0.5) is 0 Å². The van der Waals surface area contributed by atoms with Crippen LogP contribution in [0, 0.1) is 11.8 Å². The first kappa shape index (κ1) is 13.9. The summed E-state index contributed by atoms with van der Waals surface area (Å²) in [6, 6.07) is 0. The summed E-state index contributed by atoms with van der Waals surface area (Å²) in [5.74, 6) is 1.28. The largest absolute Gasteiger partial charge is 0.353 e. The Balaban J connectivity index is 2.42. The molecule has 1 aliphatic heterocycles. The quantitative estimate of drug-likeness (QED) is 0.586. The highest BCUT2D eigenvalue weighted by molar-refractivity contribution is 7.56. The molecule has 1 aliphatic carbocycles. The molecule has 17 heavy (non-hydrogen) atoms. The van der Waals surface area contributed by atoms with Crippen molar-refractivity contribution in [2.24, 2.45) is 11.8 Å². The molecule has 5 unspecified atom stereocenters. The average Bonchev–Trinajstić information content (AvgIpc) is 2.21. The molecule has 6 heteroatoms. The number of halogens is 2. The average molecular weight is 299 g/mol. The summed E-state index contributed by atoms with van der Waals surface area (Å²) >= 11 is 12.9. The summed E-state index contributed by atoms with van der Waals surface area (Å²) in [5, 5.41) is 0.385. The molecule has 0 amide bonds. The maximum absolute atomic E-state index is 11.6. The molecule has 98 valence electrons. The molecule has 1 N–H and O–H groups in total. The van der Waals surface area contributed by atoms with Crippen LogP contribution >= 0.6 is 30.8 Å². The number of alkyl halides is 1. The maximum atomic E-state index is 11.6. The summed E-state index contributed by atoms with van der Waals surface area (Å²) in [7, 11) is -3.67. The molecule has 0 aromatic heterocycles. The number of hydrogen-bond donors (Lipinski definition) is 1. The third-order valence-corrected chi connectivity index (χ3v) is 6.55. The van der Waals surface area contributed by atoms with Gasteiger partial charge in [0.15, 0.2) is 0 Å². The normalized spacial score (nSPS) is 50.6. The van der Waals surface area contributed by atoms with Crippen molar-refractivity contribution >= 4 is 30.8 Å². The molecule has 3 nitrogen and oxygen atoms in total. The van der Waals surface area contributed by atoms with Crippen molar-refractivity contribution in [3.63, 3.8) is 0 Å². The van der Waals surface area contributed by atoms with E-state index in [1.54, 1.807) is 0 Å². The van der Waals surface area contributed by atoms with Gasteiger partial charge in [0.25, 0.3) is 0 Å². The van der Waals surface area contributed by atoms with Gasteiger partial charge in [-0.25, -0.2) is 0 Å². The minimum absolute atomic E-state index is 0.172. The van der Waals surface area contributed by atoms with Crippen molar-refractivity contribution in [1.29, 1.82) is 0 Å². The van der Waals surface area contributed by atoms with Gasteiger partial charge in [-0.1, -0.05) is 25.4 Å². The first-order valence-electron chi connectivity index (χ1n) is 5.88. The molecule has 0 radical (unpaired) electrons. The van der Waals surface area contributed by atoms with Crippen LogP contribution in [0.25, 0.3) is 0 Å². The predicted octanol–water partition coefficient (Wildman–Crippen LogP) is 4.08. The van der Waals surface area contributed by atoms with Crippen molar-refractivity contribution < 1.29 is 14.0 Å². The van der Waals surface area contributed by atoms with Crippen molar-refractivity contribution in [3.05, 3.63) is 10.8 Å². The van der Waals surface area contributed by atoms with E-state index in [2.05, 4.69) is 6.92 Å². The monoisotopic (exact) mass is 298 g/mol. The van der Waals surface area contributed by atoms with Crippen molar-refractivity contribution in [3.8, 4) is 0 Å². The lowest BCUT2D eigenvalue weighted by molar-refractivity contribution is 0.0472. The Bertz CT molecular complexity index is 398. The van der Waals surface area contributed by atoms with Gasteiger partial charge in [-0.2, -0.15) is 0 Å². The highest BCUT2D eigenvalue weighted by Gasteiger charge is 2.53. The van der Waals surface area contributed by atoms with Crippen LogP contribution < -0.4 is 0 Å². The van der Waals surface area contributed by atoms with Crippen LogP contribution in [-0.4, -0.2) is 15.9 Å². The van der Waals surface area contributed by atoms with Crippen LogP contribution in [0.5, 0.6) is 0 Å². The predicted molar refractivity (Wildman–Crippen MR) is 69.4 cm³/mol. The molecule has 5 atom stereocenters. The zero-order valence-electron chi connectivity index (χ0n) is 9.90. The fourth-order valence-corrected chi connectivity index (χ4v) is 5.26. The zero-order chi connectivity index (χ0) is 12.8. The Kier molecular flexibility index (Phi) is 3.71. The first-order chi connectivity index (χ1) is 7.80. The molecule has 2 aliphatic rings. The van der Waals surface area contributed by atoms with E-state index in [0.717, 1.165) is 25.1 Å². The maximum Gasteiger partial charge on any atom is 0.353 e. The van der Waals surface area contributed by atoms with E-state index >= 15 is 0 Å². The molecule has 1 saturated carbocycles. The van der Waals surface area contributed by atoms with E-state index in [-0.39, 0.29) is 12.0 Å². The molecule has 0 aromatic carbocycles. The van der Waals surface area contributed by atoms with E-state index in [0.29, 0.717) is 11.0 Å². The molecule has 0 spiro atoms. The minimum atomic E-state index is -3.67. The molecular weight excluding hydrogens is 282 g/mol. The van der Waals surface area contributed by atoms with Gasteiger partial charge in [0.2, 0.25) is 0 Å². The Morgan fingerprint density at radius 2 is 2.29 bits per heavy atom. The number of hydrogen-bond acceptors (Lipinski definition) is 2. The smallest absolute Gasteiger partial charge is 0.321 e. The van der Waals surface area contributed by atoms with Crippen LogP contribution in [0.1, 0.15) is 33.1 Å². The van der Waals surface area contributed by atoms with Gasteiger partial charge in [0.05, 0.1) is 11.0 Å². The fourth-order valence-electron chi connectivity index (χ4n) is 2.99. The van der Waals surface area contributed by atoms with Crippen molar-refractivity contribution in [2.45, 2.75) is 44.1 Å². The lowest BCUT2D eigenvalue weighted by Gasteiger charge is -2.49. The summed E-state index contributed by atoms with van der Waals surface area (Å²) in [6.07, 6.45) is 2.05. The Hall–Kier alpha value is 0.470. The van der Waals surface area contributed by atoms with E-state index in [1.165, 1.54) is 0 Å². The van der Waals surface area contributed by atoms with Crippen LogP contribution in [0.15, 0.2) is 10.8 Å². The van der Waals surface area contributed by atoms with Gasteiger partial charge in [0, 0.05) is 16.8 Å². The second-order valence-electron chi connectivity index (χ2n) is 4.96. The number of rotatable bonds is 1. The topological polar surface area (TPSA) is 46.5 Å². The van der Waals surface area contributed by atoms with Gasteiger partial charge in [-0.05, 0) is 25.2 Å². The van der Waals surface area contributed by atoms with Gasteiger partial charge < -0.3 is 9.42 Å². The standard InChI is InChI=1S/C11H17Cl2O3P/c1-3-11(13)7(2)4-5-9-10(11)8(12)6-17(14,15)16-9/h6-7,9-10H,3-5H2,1-2H3,(H,14,15). The summed E-state index contributed by atoms with van der Waals surface area (Å²) in [4.78, 5) is 9.05. The second-order valence-corrected chi connectivity index (χ2v) is 7.70. The Morgan fingerprint density at radius 1 is 1.65 bits per heavy atom. The lowest BCUT2D eigenvalue weighted by Crippen LogP contribution is -2.50. The van der Waals surface area contributed by atoms with Crippen molar-refractivity contribution in [2.75, 3.05) is 0 Å². The molecule has 2 rings (SSSR count). The summed E-state index contributed by atoms with van der Waals surface area (Å²) in [5.41, 5.74) is 0. The van der Waals surface area contributed by atoms with Crippen LogP contribution in [-0.2, 0) is 9.09 Å². The van der Waals surface area contributed by atoms with E-state index in [4.69, 9.17) is 27.7 Å². The van der Waals surface area contributed by atoms with Gasteiger partial charge in [0.1, 0.15) is 0 Å². The Labute approximate surface area is 112 Å². The molecule has 0 bridgehead atoms. The fraction of sp³-hybridized carbons (Fsp3) is 0.818. The van der Waals surface area contributed by atoms with E-state index in [1.807, 2.05) is 6.92 Å². The molecular formula is C11H17Cl2O3P. The summed E-state index contributed by atoms with van der Waals surface area (Å²) < 4.78 is 16.9. The lowest BCUT2D eigenvalue weighted by atomic mass is 9.69. The Morgan fingerprint density at radius 3 is 2.88 bits per heavy atom. The third-order valence-electron chi connectivity index (χ3n) is 4.00. The zero-order valence-corrected chi connectivity index (χ0v) is 12.3.